The molecule has 4 nitrogen and oxygen atoms in total. The van der Waals surface area contributed by atoms with E-state index in [9.17, 15) is 9.18 Å². The van der Waals surface area contributed by atoms with Gasteiger partial charge in [0.25, 0.3) is 0 Å². The van der Waals surface area contributed by atoms with E-state index in [0.717, 1.165) is 28.1 Å². The molecular formula is C20H24FN3O. The van der Waals surface area contributed by atoms with E-state index in [4.69, 9.17) is 0 Å². The maximum absolute atomic E-state index is 14.1. The summed E-state index contributed by atoms with van der Waals surface area (Å²) < 4.78 is 14.1. The highest BCUT2D eigenvalue weighted by Crippen LogP contribution is 2.27. The van der Waals surface area contributed by atoms with Gasteiger partial charge in [-0.05, 0) is 75.8 Å². The Labute approximate surface area is 148 Å². The second kappa shape index (κ2) is 8.03. The molecule has 0 unspecified atom stereocenters. The first-order valence-corrected chi connectivity index (χ1v) is 8.14. The number of pyridine rings is 1. The van der Waals surface area contributed by atoms with Gasteiger partial charge in [-0.1, -0.05) is 12.1 Å². The molecule has 1 aromatic carbocycles. The van der Waals surface area contributed by atoms with E-state index >= 15 is 0 Å². The highest BCUT2D eigenvalue weighted by Gasteiger charge is 2.11. The molecular weight excluding hydrogens is 317 g/mol. The third-order valence-corrected chi connectivity index (χ3v) is 3.97. The van der Waals surface area contributed by atoms with Crippen LogP contribution >= 0.6 is 0 Å². The van der Waals surface area contributed by atoms with Crippen LogP contribution in [0.2, 0.25) is 0 Å². The minimum absolute atomic E-state index is 0.189. The zero-order valence-electron chi connectivity index (χ0n) is 15.4. The molecule has 1 N–H and O–H groups in total. The van der Waals surface area contributed by atoms with Crippen LogP contribution in [0.3, 0.4) is 0 Å². The summed E-state index contributed by atoms with van der Waals surface area (Å²) in [7, 11) is 3.58. The standard InChI is InChI=1S/C20H24FN3O/c1-13-7-6-8-18(22-13)15(3)14(2)16-9-10-17(21)19(11-16)23-20(25)12-24(4)5/h6-11H,12H2,1-5H3,(H,23,25)/b15-14-. The topological polar surface area (TPSA) is 45.2 Å². The molecule has 0 saturated heterocycles. The van der Waals surface area contributed by atoms with E-state index in [2.05, 4.69) is 10.3 Å². The van der Waals surface area contributed by atoms with Gasteiger partial charge in [0.1, 0.15) is 5.82 Å². The first-order valence-electron chi connectivity index (χ1n) is 8.14. The Morgan fingerprint density at radius 2 is 1.88 bits per heavy atom. The molecule has 0 atom stereocenters. The smallest absolute Gasteiger partial charge is 0.238 e. The predicted octanol–water partition coefficient (Wildman–Crippen LogP) is 3.98. The minimum atomic E-state index is -0.449. The molecule has 0 aliphatic carbocycles. The molecule has 0 spiro atoms. The van der Waals surface area contributed by atoms with Crippen LogP contribution in [0, 0.1) is 12.7 Å². The van der Waals surface area contributed by atoms with E-state index in [0.29, 0.717) is 0 Å². The van der Waals surface area contributed by atoms with Crippen LogP contribution in [0.1, 0.15) is 30.8 Å². The fourth-order valence-electron chi connectivity index (χ4n) is 2.49. The number of aromatic nitrogens is 1. The number of amides is 1. The van der Waals surface area contributed by atoms with Crippen molar-refractivity contribution in [2.45, 2.75) is 20.8 Å². The molecule has 132 valence electrons. The van der Waals surface area contributed by atoms with Crippen LogP contribution < -0.4 is 5.32 Å². The second-order valence-corrected chi connectivity index (χ2v) is 6.39. The molecule has 2 rings (SSSR count). The van der Waals surface area contributed by atoms with Crippen molar-refractivity contribution in [1.29, 1.82) is 0 Å². The van der Waals surface area contributed by atoms with Crippen LogP contribution in [0.5, 0.6) is 0 Å². The van der Waals surface area contributed by atoms with Gasteiger partial charge in [-0.2, -0.15) is 0 Å². The number of rotatable bonds is 5. The maximum atomic E-state index is 14.1. The number of aryl methyl sites for hydroxylation is 1. The lowest BCUT2D eigenvalue weighted by Crippen LogP contribution is -2.27. The molecule has 0 saturated carbocycles. The summed E-state index contributed by atoms with van der Waals surface area (Å²) in [5.41, 5.74) is 4.87. The normalized spacial score (nSPS) is 12.1. The van der Waals surface area contributed by atoms with Crippen molar-refractivity contribution in [3.05, 3.63) is 59.2 Å². The Kier molecular flexibility index (Phi) is 6.04. The lowest BCUT2D eigenvalue weighted by Gasteiger charge is -2.13. The van der Waals surface area contributed by atoms with E-state index < -0.39 is 5.82 Å². The third-order valence-electron chi connectivity index (χ3n) is 3.97. The largest absolute Gasteiger partial charge is 0.322 e. The first kappa shape index (κ1) is 18.8. The van der Waals surface area contributed by atoms with Crippen molar-refractivity contribution in [3.63, 3.8) is 0 Å². The van der Waals surface area contributed by atoms with Crippen LogP contribution in [0.15, 0.2) is 36.4 Å². The van der Waals surface area contributed by atoms with Crippen LogP contribution in [-0.4, -0.2) is 36.4 Å². The Balaban J connectivity index is 2.34. The molecule has 1 heterocycles. The monoisotopic (exact) mass is 341 g/mol. The average Bonchev–Trinajstić information content (AvgIpc) is 2.54. The lowest BCUT2D eigenvalue weighted by molar-refractivity contribution is -0.116. The summed E-state index contributed by atoms with van der Waals surface area (Å²) in [6.45, 7) is 6.11. The number of likely N-dealkylation sites (N-methyl/N-ethyl adjacent to an activating group) is 1. The van der Waals surface area contributed by atoms with E-state index in [1.54, 1.807) is 31.1 Å². The fourth-order valence-corrected chi connectivity index (χ4v) is 2.49. The van der Waals surface area contributed by atoms with Gasteiger partial charge in [0.05, 0.1) is 17.9 Å². The number of carbonyl (C=O) groups excluding carboxylic acids is 1. The molecule has 25 heavy (non-hydrogen) atoms. The Bertz CT molecular complexity index is 812. The summed E-state index contributed by atoms with van der Waals surface area (Å²) in [6, 6.07) is 10.6. The molecule has 0 radical (unpaired) electrons. The van der Waals surface area contributed by atoms with Crippen LogP contribution in [0.4, 0.5) is 10.1 Å². The SMILES string of the molecule is C/C(=C(\C)c1cccc(C)n1)c1ccc(F)c(NC(=O)CN(C)C)c1. The number of nitrogens with zero attached hydrogens (tertiary/aromatic N) is 2. The second-order valence-electron chi connectivity index (χ2n) is 6.39. The van der Waals surface area contributed by atoms with Gasteiger partial charge >= 0.3 is 0 Å². The van der Waals surface area contributed by atoms with Crippen molar-refractivity contribution >= 4 is 22.7 Å². The molecule has 0 fully saturated rings. The molecule has 1 amide bonds. The number of anilines is 1. The predicted molar refractivity (Wildman–Crippen MR) is 101 cm³/mol. The van der Waals surface area contributed by atoms with Gasteiger partial charge in [-0.15, -0.1) is 0 Å². The van der Waals surface area contributed by atoms with Crippen molar-refractivity contribution in [3.8, 4) is 0 Å². The molecule has 0 bridgehead atoms. The summed E-state index contributed by atoms with van der Waals surface area (Å²) in [4.78, 5) is 18.2. The average molecular weight is 341 g/mol. The summed E-state index contributed by atoms with van der Waals surface area (Å²) in [5, 5.41) is 2.63. The lowest BCUT2D eigenvalue weighted by atomic mass is 9.99. The number of hydrogen-bond acceptors (Lipinski definition) is 3. The molecule has 1 aromatic heterocycles. The number of carbonyl (C=O) groups is 1. The zero-order valence-corrected chi connectivity index (χ0v) is 15.4. The van der Waals surface area contributed by atoms with Crippen LogP contribution in [-0.2, 0) is 4.79 Å². The number of hydrogen-bond donors (Lipinski definition) is 1. The highest BCUT2D eigenvalue weighted by atomic mass is 19.1. The zero-order chi connectivity index (χ0) is 18.6. The first-order chi connectivity index (χ1) is 11.8. The summed E-state index contributed by atoms with van der Waals surface area (Å²) in [6.07, 6.45) is 0. The highest BCUT2D eigenvalue weighted by molar-refractivity contribution is 5.94. The van der Waals surface area contributed by atoms with Gasteiger partial charge in [0.15, 0.2) is 0 Å². The molecule has 2 aromatic rings. The molecule has 5 heteroatoms. The van der Waals surface area contributed by atoms with Gasteiger partial charge < -0.3 is 10.2 Å². The van der Waals surface area contributed by atoms with E-state index in [-0.39, 0.29) is 18.1 Å². The van der Waals surface area contributed by atoms with Gasteiger partial charge in [0.2, 0.25) is 5.91 Å². The molecule has 0 aliphatic rings. The van der Waals surface area contributed by atoms with Gasteiger partial charge in [-0.3, -0.25) is 9.78 Å². The van der Waals surface area contributed by atoms with E-state index in [1.807, 2.05) is 39.0 Å². The number of allylic oxidation sites excluding steroid dienone is 2. The Morgan fingerprint density at radius 3 is 2.52 bits per heavy atom. The third kappa shape index (κ3) is 4.97. The van der Waals surface area contributed by atoms with Crippen molar-refractivity contribution in [1.82, 2.24) is 9.88 Å². The Hall–Kier alpha value is -2.53. The fraction of sp³-hybridized carbons (Fsp3) is 0.300. The van der Waals surface area contributed by atoms with Crippen molar-refractivity contribution in [2.75, 3.05) is 26.0 Å². The maximum Gasteiger partial charge on any atom is 0.238 e. The van der Waals surface area contributed by atoms with Crippen molar-refractivity contribution in [2.24, 2.45) is 0 Å². The Morgan fingerprint density at radius 1 is 1.16 bits per heavy atom. The van der Waals surface area contributed by atoms with Gasteiger partial charge in [0, 0.05) is 5.69 Å². The minimum Gasteiger partial charge on any atom is -0.322 e. The number of halogens is 1. The van der Waals surface area contributed by atoms with E-state index in [1.165, 1.54) is 6.07 Å². The summed E-state index contributed by atoms with van der Waals surface area (Å²) in [5.74, 6) is -0.699. The summed E-state index contributed by atoms with van der Waals surface area (Å²) >= 11 is 0. The number of nitrogens with one attached hydrogen (secondary N) is 1. The quantitative estimate of drug-likeness (QED) is 0.895. The number of benzene rings is 1. The molecule has 0 aliphatic heterocycles. The van der Waals surface area contributed by atoms with Gasteiger partial charge in [-0.25, -0.2) is 4.39 Å². The van der Waals surface area contributed by atoms with Crippen LogP contribution in [0.25, 0.3) is 11.1 Å². The van der Waals surface area contributed by atoms with Crippen molar-refractivity contribution < 1.29 is 9.18 Å².